The number of carbonyl (C=O) groups excluding carboxylic acids is 2. The van der Waals surface area contributed by atoms with Gasteiger partial charge in [0.1, 0.15) is 0 Å². The molecule has 0 unspecified atom stereocenters. The van der Waals surface area contributed by atoms with Gasteiger partial charge in [0.2, 0.25) is 5.78 Å². The summed E-state index contributed by atoms with van der Waals surface area (Å²) < 4.78 is 1.64. The Morgan fingerprint density at radius 1 is 1.21 bits per heavy atom. The van der Waals surface area contributed by atoms with E-state index in [-0.39, 0.29) is 35.4 Å². The molecule has 1 aliphatic heterocycles. The van der Waals surface area contributed by atoms with Crippen molar-refractivity contribution in [3.63, 3.8) is 0 Å². The van der Waals surface area contributed by atoms with Gasteiger partial charge in [-0.05, 0) is 46.9 Å². The summed E-state index contributed by atoms with van der Waals surface area (Å²) in [4.78, 5) is 36.5. The van der Waals surface area contributed by atoms with Crippen molar-refractivity contribution >= 4 is 23.2 Å². The van der Waals surface area contributed by atoms with Crippen molar-refractivity contribution in [2.45, 2.75) is 45.4 Å². The molecule has 0 radical (unpaired) electrons. The maximum absolute atomic E-state index is 13.2. The summed E-state index contributed by atoms with van der Waals surface area (Å²) in [5, 5.41) is 0. The number of aryl methyl sites for hydroxylation is 1. The zero-order valence-corrected chi connectivity index (χ0v) is 20.8. The van der Waals surface area contributed by atoms with Gasteiger partial charge in [0.05, 0.1) is 0 Å². The summed E-state index contributed by atoms with van der Waals surface area (Å²) in [5.41, 5.74) is 4.88. The van der Waals surface area contributed by atoms with Crippen molar-refractivity contribution in [2.24, 2.45) is 12.5 Å². The van der Waals surface area contributed by atoms with Crippen molar-refractivity contribution in [1.82, 2.24) is 19.4 Å². The van der Waals surface area contributed by atoms with Gasteiger partial charge in [-0.25, -0.2) is 4.79 Å². The first kappa shape index (κ1) is 23.7. The first-order valence-corrected chi connectivity index (χ1v) is 11.8. The molecule has 2 amide bonds. The van der Waals surface area contributed by atoms with Crippen LogP contribution in [0.25, 0.3) is 10.4 Å². The number of rotatable bonds is 5. The minimum atomic E-state index is -0.0918. The summed E-state index contributed by atoms with van der Waals surface area (Å²) >= 11 is 0. The molecule has 0 bridgehead atoms. The quantitative estimate of drug-likeness (QED) is 0.463. The van der Waals surface area contributed by atoms with Crippen molar-refractivity contribution in [1.29, 1.82) is 0 Å². The van der Waals surface area contributed by atoms with E-state index in [4.69, 9.17) is 6.57 Å². The molecule has 0 spiro atoms. The molecule has 1 aromatic heterocycles. The van der Waals surface area contributed by atoms with Gasteiger partial charge in [0.15, 0.2) is 0 Å². The number of nitrogens with zero attached hydrogens (tertiary/aromatic N) is 5. The van der Waals surface area contributed by atoms with Gasteiger partial charge in [0, 0.05) is 52.8 Å². The Labute approximate surface area is 201 Å². The van der Waals surface area contributed by atoms with Gasteiger partial charge in [0.25, 0.3) is 11.6 Å². The van der Waals surface area contributed by atoms with E-state index in [1.807, 2.05) is 14.1 Å². The number of likely N-dealkylation sites (N-methyl/N-ethyl adjacent to an activating group) is 2. The van der Waals surface area contributed by atoms with Crippen molar-refractivity contribution in [3.8, 4) is 0 Å². The molecule has 0 N–H and O–H groups in total. The van der Waals surface area contributed by atoms with Crippen molar-refractivity contribution in [2.75, 3.05) is 27.2 Å². The lowest BCUT2D eigenvalue weighted by atomic mass is 9.76. The van der Waals surface area contributed by atoms with E-state index in [1.54, 1.807) is 27.6 Å². The van der Waals surface area contributed by atoms with Crippen LogP contribution < -0.4 is 0 Å². The fraction of sp³-hybridized carbons (Fsp3) is 0.481. The highest BCUT2D eigenvalue weighted by Crippen LogP contribution is 2.40. The molecule has 1 aliphatic carbocycles. The summed E-state index contributed by atoms with van der Waals surface area (Å²) in [5.74, 6) is 0.672. The van der Waals surface area contributed by atoms with Crippen LogP contribution in [0, 0.1) is 12.0 Å². The van der Waals surface area contributed by atoms with Crippen LogP contribution in [-0.2, 0) is 13.5 Å². The van der Waals surface area contributed by atoms with E-state index in [2.05, 4.69) is 48.0 Å². The minimum Gasteiger partial charge on any atom is -0.359 e. The van der Waals surface area contributed by atoms with Crippen LogP contribution >= 0.6 is 0 Å². The third-order valence-electron chi connectivity index (χ3n) is 7.14. The average molecular weight is 460 g/mol. The Hall–Kier alpha value is -3.40. The molecule has 1 aromatic carbocycles. The third-order valence-corrected chi connectivity index (χ3v) is 7.14. The largest absolute Gasteiger partial charge is 0.359 e. The van der Waals surface area contributed by atoms with Gasteiger partial charge < -0.3 is 19.2 Å². The molecule has 34 heavy (non-hydrogen) atoms. The Balaban J connectivity index is 1.69. The molecule has 2 heterocycles. The Bertz CT molecular complexity index is 1190. The van der Waals surface area contributed by atoms with Crippen LogP contribution in [0.2, 0.25) is 0 Å². The fourth-order valence-electron chi connectivity index (χ4n) is 5.02. The molecular formula is C27H33N5O2. The average Bonchev–Trinajstić information content (AvgIpc) is 3.18. The van der Waals surface area contributed by atoms with E-state index >= 15 is 0 Å². The maximum Gasteiger partial charge on any atom is 0.319 e. The highest BCUT2D eigenvalue weighted by Gasteiger charge is 2.30. The maximum atomic E-state index is 13.2. The van der Waals surface area contributed by atoms with Crippen molar-refractivity contribution in [3.05, 3.63) is 64.4 Å². The molecule has 4 rings (SSSR count). The summed E-state index contributed by atoms with van der Waals surface area (Å²) in [6.45, 7) is 13.1. The van der Waals surface area contributed by atoms with E-state index in [9.17, 15) is 9.59 Å². The fourth-order valence-corrected chi connectivity index (χ4v) is 5.02. The van der Waals surface area contributed by atoms with Gasteiger partial charge in [-0.3, -0.25) is 4.79 Å². The van der Waals surface area contributed by atoms with Crippen LogP contribution in [0.5, 0.6) is 0 Å². The van der Waals surface area contributed by atoms with Crippen LogP contribution in [0.15, 0.2) is 30.5 Å². The van der Waals surface area contributed by atoms with Crippen LogP contribution in [0.1, 0.15) is 66.3 Å². The minimum absolute atomic E-state index is 0.0461. The number of carbonyl (C=O) groups is 2. The van der Waals surface area contributed by atoms with Gasteiger partial charge in [-0.1, -0.05) is 49.7 Å². The lowest BCUT2D eigenvalue weighted by Crippen LogP contribution is -2.48. The van der Waals surface area contributed by atoms with Crippen LogP contribution in [0.3, 0.4) is 0 Å². The smallest absolute Gasteiger partial charge is 0.319 e. The van der Waals surface area contributed by atoms with Crippen LogP contribution in [0.4, 0.5) is 10.6 Å². The predicted molar refractivity (Wildman–Crippen MR) is 133 cm³/mol. The number of amides is 2. The molecule has 1 saturated heterocycles. The molecule has 7 nitrogen and oxygen atoms in total. The Morgan fingerprint density at radius 3 is 2.50 bits per heavy atom. The summed E-state index contributed by atoms with van der Waals surface area (Å²) in [6.07, 6.45) is 7.25. The number of ketones is 1. The monoisotopic (exact) mass is 459 g/mol. The first-order chi connectivity index (χ1) is 16.1. The van der Waals surface area contributed by atoms with E-state index < -0.39 is 0 Å². The van der Waals surface area contributed by atoms with Crippen molar-refractivity contribution < 1.29 is 9.59 Å². The molecule has 2 aromatic rings. The van der Waals surface area contributed by atoms with E-state index in [0.717, 1.165) is 30.4 Å². The number of urea groups is 1. The standard InChI is InChI=1S/C27H33N5O2/c1-27(2)11-9-18(10-12-27)22-13-19(21-15-31(5)26(34)32(6)16-21)7-8-20(22)14-23(33)25-29-24(28-3)17-30(25)4/h7-9,13,17,21H,10-12,14-16H2,1-2,4-6H3. The summed E-state index contributed by atoms with van der Waals surface area (Å²) in [7, 11) is 5.44. The Kier molecular flexibility index (Phi) is 6.35. The molecular weight excluding hydrogens is 426 g/mol. The van der Waals surface area contributed by atoms with E-state index in [0.29, 0.717) is 18.9 Å². The number of imidazole rings is 1. The predicted octanol–water partition coefficient (Wildman–Crippen LogP) is 5.07. The number of allylic oxidation sites excluding steroid dienone is 2. The van der Waals surface area contributed by atoms with Crippen LogP contribution in [-0.4, -0.2) is 58.4 Å². The second-order valence-corrected chi connectivity index (χ2v) is 10.5. The molecule has 0 atom stereocenters. The Morgan fingerprint density at radius 2 is 1.91 bits per heavy atom. The zero-order chi connectivity index (χ0) is 24.6. The molecule has 178 valence electrons. The highest BCUT2D eigenvalue weighted by molar-refractivity contribution is 5.95. The molecule has 2 aliphatic rings. The molecule has 0 saturated carbocycles. The SMILES string of the molecule is [C-]#[N+]c1cn(C)c(C(=O)Cc2ccc(C3CN(C)C(=O)N(C)C3)cc2C2=CCC(C)(C)CC2)n1. The lowest BCUT2D eigenvalue weighted by Gasteiger charge is -2.37. The zero-order valence-electron chi connectivity index (χ0n) is 20.8. The highest BCUT2D eigenvalue weighted by atomic mass is 16.2. The second-order valence-electron chi connectivity index (χ2n) is 10.5. The lowest BCUT2D eigenvalue weighted by molar-refractivity contribution is 0.0980. The van der Waals surface area contributed by atoms with Gasteiger partial charge >= 0.3 is 6.03 Å². The number of hydrogen-bond donors (Lipinski definition) is 0. The number of Topliss-reactive ketones (excluding diaryl/α,β-unsaturated/α-hetero) is 1. The molecule has 1 fully saturated rings. The van der Waals surface area contributed by atoms with Gasteiger partial charge in [-0.15, -0.1) is 0 Å². The first-order valence-electron chi connectivity index (χ1n) is 11.8. The summed E-state index contributed by atoms with van der Waals surface area (Å²) in [6, 6.07) is 6.45. The normalized spacial score (nSPS) is 18.6. The third kappa shape index (κ3) is 4.77. The van der Waals surface area contributed by atoms with E-state index in [1.165, 1.54) is 11.1 Å². The second kappa shape index (κ2) is 9.09. The number of benzene rings is 1. The number of hydrogen-bond acceptors (Lipinski definition) is 3. The topological polar surface area (TPSA) is 62.8 Å². The number of aromatic nitrogens is 2. The molecule has 7 heteroatoms. The van der Waals surface area contributed by atoms with Gasteiger partial charge in [-0.2, -0.15) is 0 Å².